The van der Waals surface area contributed by atoms with Crippen LogP contribution in [0.15, 0.2) is 0 Å². The number of phosphoric ester groups is 1. The second-order valence-corrected chi connectivity index (χ2v) is 27.9. The van der Waals surface area contributed by atoms with E-state index in [0.29, 0.717) is 51.4 Å². The summed E-state index contributed by atoms with van der Waals surface area (Å²) < 4.78 is 54.2. The number of aliphatic hydroxyl groups excluding tert-OH is 1. The Labute approximate surface area is 573 Å². The number of unbranched alkanes of at least 4 members (excludes halogenated alkanes) is 34. The van der Waals surface area contributed by atoms with Crippen LogP contribution in [0.4, 0.5) is 0 Å². The fraction of sp³-hybridized carbons (Fsp3) is 0.904. The van der Waals surface area contributed by atoms with E-state index in [2.05, 4.69) is 38.3 Å². The van der Waals surface area contributed by atoms with E-state index in [4.69, 9.17) is 32.9 Å². The van der Waals surface area contributed by atoms with Crippen LogP contribution in [-0.2, 0) is 71.1 Å². The van der Waals surface area contributed by atoms with Crippen LogP contribution in [0.2, 0.25) is 0 Å². The van der Waals surface area contributed by atoms with Crippen molar-refractivity contribution in [2.75, 3.05) is 13.2 Å². The van der Waals surface area contributed by atoms with Crippen LogP contribution in [0, 0.1) is 0 Å². The molecule has 0 aromatic carbocycles. The van der Waals surface area contributed by atoms with Crippen LogP contribution >= 0.6 is 7.82 Å². The number of carboxylic acid groups (broad SMARTS) is 1. The maximum absolute atomic E-state index is 14.6. The molecule has 0 aromatic heterocycles. The Morgan fingerprint density at radius 1 is 0.432 bits per heavy atom. The van der Waals surface area contributed by atoms with Crippen molar-refractivity contribution in [3.8, 4) is 0 Å². The standard InChI is InChI=1S/C73H135N2O19P/c1-7-13-19-23-27-30-34-37-43-47-58(89-67(81)52-46-40-33-26-22-16-10-4)53-63(77)74-61(72(83)84)57-88-73-69(75-64(78)54-59(90-65(79)50-41-17-11-5)48-44-38-35-31-28-24-20-14-8-2)71(70(62(56-76)92-73)94-95(85,86)87)93-68(82)55-60(91-66(80)51-42-18-12-6)49-45-39-36-32-29-25-21-15-9-3/h58-62,69-71,73,76H,7-57H2,1-6H3,(H,74,77)(H,75,78)(H,83,84)(H2,85,86,87)/t58-,59-,60-,61+,62-,69-,70-,71-,73?/m1/s1. The van der Waals surface area contributed by atoms with Gasteiger partial charge in [0.2, 0.25) is 11.8 Å². The highest BCUT2D eigenvalue weighted by atomic mass is 31.2. The molecule has 22 heteroatoms. The zero-order valence-corrected chi connectivity index (χ0v) is 61.0. The van der Waals surface area contributed by atoms with E-state index in [1.165, 1.54) is 44.9 Å². The van der Waals surface area contributed by atoms with Crippen molar-refractivity contribution >= 4 is 49.5 Å². The highest BCUT2D eigenvalue weighted by molar-refractivity contribution is 7.46. The number of rotatable bonds is 65. The highest BCUT2D eigenvalue weighted by Gasteiger charge is 2.52. The van der Waals surface area contributed by atoms with Crippen molar-refractivity contribution < 1.29 is 91.1 Å². The number of nitrogens with one attached hydrogen (secondary N) is 2. The van der Waals surface area contributed by atoms with Crippen LogP contribution in [0.25, 0.3) is 0 Å². The minimum absolute atomic E-state index is 0.110. The summed E-state index contributed by atoms with van der Waals surface area (Å²) in [5.74, 6) is -5.61. The zero-order valence-electron chi connectivity index (χ0n) is 60.1. The van der Waals surface area contributed by atoms with Gasteiger partial charge in [-0.25, -0.2) is 9.36 Å². The average molecular weight is 1380 g/mol. The Balaban J connectivity index is 3.78. The number of carbonyl (C=O) groups is 7. The molecule has 0 aliphatic carbocycles. The number of phosphoric acid groups is 1. The Morgan fingerprint density at radius 2 is 0.758 bits per heavy atom. The second kappa shape index (κ2) is 59.2. The highest BCUT2D eigenvalue weighted by Crippen LogP contribution is 2.42. The van der Waals surface area contributed by atoms with E-state index in [0.717, 1.165) is 173 Å². The number of aliphatic carboxylic acids is 1. The van der Waals surface area contributed by atoms with E-state index in [-0.39, 0.29) is 32.1 Å². The smallest absolute Gasteiger partial charge is 0.470 e. The first-order valence-electron chi connectivity index (χ1n) is 38.1. The summed E-state index contributed by atoms with van der Waals surface area (Å²) in [6, 6.07) is -3.59. The number of aliphatic hydroxyl groups is 1. The lowest BCUT2D eigenvalue weighted by atomic mass is 9.95. The van der Waals surface area contributed by atoms with Gasteiger partial charge in [0.1, 0.15) is 36.6 Å². The van der Waals surface area contributed by atoms with Gasteiger partial charge in [0, 0.05) is 19.3 Å². The van der Waals surface area contributed by atoms with Gasteiger partial charge in [0.25, 0.3) is 0 Å². The van der Waals surface area contributed by atoms with Crippen LogP contribution in [0.5, 0.6) is 0 Å². The van der Waals surface area contributed by atoms with Crippen LogP contribution in [0.1, 0.15) is 356 Å². The quantitative estimate of drug-likeness (QED) is 0.0143. The van der Waals surface area contributed by atoms with Crippen LogP contribution in [0.3, 0.4) is 0 Å². The number of ether oxygens (including phenoxy) is 6. The number of esters is 4. The van der Waals surface area contributed by atoms with E-state index < -0.39 is 131 Å². The SMILES string of the molecule is CCCCCCCCCCC[C@H](CC(=O)N[C@@H](COC1O[C@H](CO)[C@@H](OP(=O)(O)O)[C@H](OC(=O)C[C@@H](CCCCCCCCCCC)OC(=O)CCCCC)[C@H]1NC(=O)C[C@@H](CCCCCCCCCCC)OC(=O)CCCCC)C(=O)O)OC(=O)CCCCCCCCC. The summed E-state index contributed by atoms with van der Waals surface area (Å²) in [5.41, 5.74) is 0. The molecule has 0 spiro atoms. The van der Waals surface area contributed by atoms with Gasteiger partial charge in [-0.05, 0) is 57.8 Å². The minimum Gasteiger partial charge on any atom is -0.480 e. The van der Waals surface area contributed by atoms with Crippen molar-refractivity contribution in [3.05, 3.63) is 0 Å². The molecule has 1 aliphatic heterocycles. The number of carboxylic acids is 1. The number of hydrogen-bond donors (Lipinski definition) is 6. The van der Waals surface area contributed by atoms with E-state index >= 15 is 0 Å². The molecule has 0 radical (unpaired) electrons. The molecule has 0 bridgehead atoms. The average Bonchev–Trinajstić information content (AvgIpc) is 0.789. The fourth-order valence-corrected chi connectivity index (χ4v) is 12.7. The molecule has 1 rings (SSSR count). The Hall–Kier alpha value is -3.72. The van der Waals surface area contributed by atoms with E-state index in [1.54, 1.807) is 0 Å². The first-order chi connectivity index (χ1) is 45.8. The van der Waals surface area contributed by atoms with Gasteiger partial charge in [0.05, 0.1) is 32.5 Å². The molecule has 1 heterocycles. The van der Waals surface area contributed by atoms with Crippen molar-refractivity contribution in [2.45, 2.75) is 411 Å². The zero-order chi connectivity index (χ0) is 70.2. The summed E-state index contributed by atoms with van der Waals surface area (Å²) in [6.07, 6.45) is 28.8. The number of carbonyl (C=O) groups excluding carboxylic acids is 6. The van der Waals surface area contributed by atoms with E-state index in [9.17, 15) is 58.1 Å². The molecule has 0 saturated carbocycles. The Kier molecular flexibility index (Phi) is 55.6. The molecule has 1 fully saturated rings. The Bertz CT molecular complexity index is 2030. The molecular weight excluding hydrogens is 1240 g/mol. The lowest BCUT2D eigenvalue weighted by molar-refractivity contribution is -0.272. The Morgan fingerprint density at radius 3 is 1.12 bits per heavy atom. The predicted octanol–water partition coefficient (Wildman–Crippen LogP) is 16.1. The number of hydrogen-bond acceptors (Lipinski definition) is 16. The molecule has 1 aliphatic rings. The van der Waals surface area contributed by atoms with Crippen molar-refractivity contribution in [3.63, 3.8) is 0 Å². The third-order valence-corrected chi connectivity index (χ3v) is 18.2. The number of amides is 2. The first-order valence-corrected chi connectivity index (χ1v) is 39.6. The largest absolute Gasteiger partial charge is 0.480 e. The maximum atomic E-state index is 14.6. The lowest BCUT2D eigenvalue weighted by Crippen LogP contribution is -2.66. The monoisotopic (exact) mass is 1370 g/mol. The van der Waals surface area contributed by atoms with Gasteiger partial charge in [-0.1, -0.05) is 260 Å². The summed E-state index contributed by atoms with van der Waals surface area (Å²) in [4.78, 5) is 117. The lowest BCUT2D eigenvalue weighted by Gasteiger charge is -2.45. The second-order valence-electron chi connectivity index (χ2n) is 26.7. The van der Waals surface area contributed by atoms with Gasteiger partial charge in [0.15, 0.2) is 18.4 Å². The molecular formula is C73H135N2O19P. The maximum Gasteiger partial charge on any atom is 0.470 e. The fourth-order valence-electron chi connectivity index (χ4n) is 12.1. The normalized spacial score (nSPS) is 17.7. The molecule has 1 unspecified atom stereocenters. The van der Waals surface area contributed by atoms with Crippen molar-refractivity contribution in [2.24, 2.45) is 0 Å². The minimum atomic E-state index is -5.55. The molecule has 95 heavy (non-hydrogen) atoms. The molecule has 9 atom stereocenters. The van der Waals surface area contributed by atoms with Crippen molar-refractivity contribution in [1.29, 1.82) is 0 Å². The molecule has 556 valence electrons. The molecule has 2 amide bonds. The predicted molar refractivity (Wildman–Crippen MR) is 370 cm³/mol. The molecule has 21 nitrogen and oxygen atoms in total. The van der Waals surface area contributed by atoms with Gasteiger partial charge in [-0.2, -0.15) is 0 Å². The summed E-state index contributed by atoms with van der Waals surface area (Å²) in [5, 5.41) is 26.7. The van der Waals surface area contributed by atoms with Gasteiger partial charge in [-0.3, -0.25) is 33.3 Å². The summed E-state index contributed by atoms with van der Waals surface area (Å²) in [7, 11) is -5.55. The van der Waals surface area contributed by atoms with Gasteiger partial charge < -0.3 is 59.1 Å². The molecule has 6 N–H and O–H groups in total. The third-order valence-electron chi connectivity index (χ3n) is 17.7. The molecule has 1 saturated heterocycles. The summed E-state index contributed by atoms with van der Waals surface area (Å²) >= 11 is 0. The first kappa shape index (κ1) is 89.3. The van der Waals surface area contributed by atoms with Crippen molar-refractivity contribution in [1.82, 2.24) is 10.6 Å². The third kappa shape index (κ3) is 48.6. The van der Waals surface area contributed by atoms with Gasteiger partial charge >= 0.3 is 37.7 Å². The van der Waals surface area contributed by atoms with E-state index in [1.807, 2.05) is 13.8 Å². The van der Waals surface area contributed by atoms with Crippen LogP contribution < -0.4 is 10.6 Å². The molecule has 0 aromatic rings. The topological polar surface area (TPSA) is 306 Å². The van der Waals surface area contributed by atoms with Gasteiger partial charge in [-0.15, -0.1) is 0 Å². The van der Waals surface area contributed by atoms with Crippen LogP contribution in [-0.4, -0.2) is 130 Å². The summed E-state index contributed by atoms with van der Waals surface area (Å²) in [6.45, 7) is 10.8.